The van der Waals surface area contributed by atoms with E-state index >= 15 is 0 Å². The fourth-order valence-corrected chi connectivity index (χ4v) is 3.49. The Hall–Kier alpha value is -2.21. The minimum absolute atomic E-state index is 0.139. The first-order chi connectivity index (χ1) is 13.2. The normalized spacial score (nSPS) is 21.2. The topological polar surface area (TPSA) is 38.3 Å². The van der Waals surface area contributed by atoms with Crippen LogP contribution in [0.2, 0.25) is 5.02 Å². The number of carbonyl (C=O) groups is 1. The third kappa shape index (κ3) is 4.61. The molecule has 2 unspecified atom stereocenters. The van der Waals surface area contributed by atoms with Gasteiger partial charge < -0.3 is 10.1 Å². The highest BCUT2D eigenvalue weighted by Crippen LogP contribution is 2.63. The summed E-state index contributed by atoms with van der Waals surface area (Å²) in [6, 6.07) is 13.4. The van der Waals surface area contributed by atoms with Gasteiger partial charge in [0.1, 0.15) is 11.5 Å². The van der Waals surface area contributed by atoms with Gasteiger partial charge in [0.05, 0.1) is 11.3 Å². The molecular formula is C21H21ClF3NO2. The van der Waals surface area contributed by atoms with Gasteiger partial charge in [0.15, 0.2) is 0 Å². The molecule has 0 saturated heterocycles. The minimum atomic E-state index is -4.35. The van der Waals surface area contributed by atoms with Crippen LogP contribution in [0.4, 0.5) is 18.9 Å². The number of nitrogens with one attached hydrogen (secondary N) is 1. The fourth-order valence-electron chi connectivity index (χ4n) is 3.37. The van der Waals surface area contributed by atoms with Gasteiger partial charge in [0, 0.05) is 10.7 Å². The van der Waals surface area contributed by atoms with Crippen molar-refractivity contribution in [2.24, 2.45) is 11.3 Å². The van der Waals surface area contributed by atoms with Crippen molar-refractivity contribution in [3.63, 3.8) is 0 Å². The molecule has 1 aliphatic carbocycles. The lowest BCUT2D eigenvalue weighted by atomic mass is 9.94. The van der Waals surface area contributed by atoms with E-state index in [2.05, 4.69) is 5.32 Å². The number of carbonyl (C=O) groups excluding carboxylic acids is 1. The van der Waals surface area contributed by atoms with Crippen LogP contribution in [0.25, 0.3) is 0 Å². The van der Waals surface area contributed by atoms with Gasteiger partial charge in [0.25, 0.3) is 0 Å². The fraction of sp³-hybridized carbons (Fsp3) is 0.381. The SMILES string of the molecule is CCCCC1(C(=O)Nc2ccc(Oc3ccc(Cl)cc3)cc2)CC1C(F)(F)F. The highest BCUT2D eigenvalue weighted by Gasteiger charge is 2.69. The van der Waals surface area contributed by atoms with Crippen molar-refractivity contribution < 1.29 is 22.7 Å². The highest BCUT2D eigenvalue weighted by atomic mass is 35.5. The van der Waals surface area contributed by atoms with Gasteiger partial charge >= 0.3 is 6.18 Å². The molecule has 2 aromatic rings. The molecule has 3 nitrogen and oxygen atoms in total. The molecule has 1 N–H and O–H groups in total. The Kier molecular flexibility index (Phi) is 5.89. The summed E-state index contributed by atoms with van der Waals surface area (Å²) in [5, 5.41) is 3.24. The summed E-state index contributed by atoms with van der Waals surface area (Å²) in [6.45, 7) is 1.90. The molecule has 28 heavy (non-hydrogen) atoms. The second-order valence-electron chi connectivity index (χ2n) is 7.09. The van der Waals surface area contributed by atoms with Crippen LogP contribution in [0.3, 0.4) is 0 Å². The van der Waals surface area contributed by atoms with Crippen LogP contribution in [0.1, 0.15) is 32.6 Å². The quantitative estimate of drug-likeness (QED) is 0.542. The molecule has 0 radical (unpaired) electrons. The molecule has 1 aliphatic rings. The number of unbranched alkanes of at least 4 members (excludes halogenated alkanes) is 1. The second-order valence-corrected chi connectivity index (χ2v) is 7.53. The van der Waals surface area contributed by atoms with Gasteiger partial charge in [-0.3, -0.25) is 4.79 Å². The summed E-state index contributed by atoms with van der Waals surface area (Å²) in [6.07, 6.45) is -2.90. The maximum atomic E-state index is 13.1. The van der Waals surface area contributed by atoms with Crippen LogP contribution < -0.4 is 10.1 Å². The van der Waals surface area contributed by atoms with Crippen molar-refractivity contribution in [3.05, 3.63) is 53.6 Å². The van der Waals surface area contributed by atoms with Crippen molar-refractivity contribution in [1.29, 1.82) is 0 Å². The number of benzene rings is 2. The van der Waals surface area contributed by atoms with Crippen LogP contribution in [-0.4, -0.2) is 12.1 Å². The Morgan fingerprint density at radius 1 is 1.14 bits per heavy atom. The molecule has 1 fully saturated rings. The predicted molar refractivity (Wildman–Crippen MR) is 103 cm³/mol. The molecule has 0 spiro atoms. The Morgan fingerprint density at radius 2 is 1.71 bits per heavy atom. The molecule has 1 amide bonds. The molecule has 1 saturated carbocycles. The van der Waals surface area contributed by atoms with Gasteiger partial charge in [-0.25, -0.2) is 0 Å². The van der Waals surface area contributed by atoms with Crippen LogP contribution in [0, 0.1) is 11.3 Å². The maximum absolute atomic E-state index is 13.1. The third-order valence-electron chi connectivity index (χ3n) is 5.06. The van der Waals surface area contributed by atoms with E-state index in [9.17, 15) is 18.0 Å². The number of hydrogen-bond acceptors (Lipinski definition) is 2. The van der Waals surface area contributed by atoms with Gasteiger partial charge in [-0.1, -0.05) is 31.4 Å². The number of ether oxygens (including phenoxy) is 1. The van der Waals surface area contributed by atoms with Crippen molar-refractivity contribution in [2.45, 2.75) is 38.8 Å². The summed E-state index contributed by atoms with van der Waals surface area (Å²) in [7, 11) is 0. The molecule has 7 heteroatoms. The van der Waals surface area contributed by atoms with Gasteiger partial charge in [0.2, 0.25) is 5.91 Å². The van der Waals surface area contributed by atoms with Crippen LogP contribution >= 0.6 is 11.6 Å². The van der Waals surface area contributed by atoms with Crippen molar-refractivity contribution >= 4 is 23.2 Å². The van der Waals surface area contributed by atoms with E-state index in [1.165, 1.54) is 0 Å². The molecule has 2 atom stereocenters. The first kappa shape index (κ1) is 20.5. The zero-order valence-electron chi connectivity index (χ0n) is 15.4. The molecule has 150 valence electrons. The Labute approximate surface area is 166 Å². The highest BCUT2D eigenvalue weighted by molar-refractivity contribution is 6.30. The van der Waals surface area contributed by atoms with E-state index in [0.29, 0.717) is 28.6 Å². The zero-order valence-corrected chi connectivity index (χ0v) is 16.1. The molecule has 0 heterocycles. The van der Waals surface area contributed by atoms with Crippen molar-refractivity contribution in [3.8, 4) is 11.5 Å². The first-order valence-electron chi connectivity index (χ1n) is 9.16. The molecule has 0 bridgehead atoms. The largest absolute Gasteiger partial charge is 0.457 e. The number of alkyl halides is 3. The minimum Gasteiger partial charge on any atom is -0.457 e. The molecule has 3 rings (SSSR count). The van der Waals surface area contributed by atoms with Crippen molar-refractivity contribution in [1.82, 2.24) is 0 Å². The van der Waals surface area contributed by atoms with Gasteiger partial charge in [-0.15, -0.1) is 0 Å². The average Bonchev–Trinajstić information content (AvgIpc) is 3.40. The lowest BCUT2D eigenvalue weighted by Crippen LogP contribution is -2.30. The Morgan fingerprint density at radius 3 is 2.21 bits per heavy atom. The van der Waals surface area contributed by atoms with E-state index in [-0.39, 0.29) is 12.8 Å². The van der Waals surface area contributed by atoms with Crippen LogP contribution in [0.5, 0.6) is 11.5 Å². The summed E-state index contributed by atoms with van der Waals surface area (Å²) in [5.41, 5.74) is -0.899. The number of rotatable bonds is 7. The summed E-state index contributed by atoms with van der Waals surface area (Å²) < 4.78 is 45.1. The molecule has 2 aromatic carbocycles. The average molecular weight is 412 g/mol. The smallest absolute Gasteiger partial charge is 0.392 e. The third-order valence-corrected chi connectivity index (χ3v) is 5.31. The number of halogens is 4. The lowest BCUT2D eigenvalue weighted by molar-refractivity contribution is -0.160. The summed E-state index contributed by atoms with van der Waals surface area (Å²) in [4.78, 5) is 12.6. The standard InChI is InChI=1S/C21H21ClF3NO2/c1-2-3-12-20(13-18(20)21(23,24)25)19(27)26-15-6-10-17(11-7-15)28-16-8-4-14(22)5-9-16/h4-11,18H,2-3,12-13H2,1H3,(H,26,27). The van der Waals surface area contributed by atoms with Gasteiger partial charge in [-0.05, 0) is 61.4 Å². The van der Waals surface area contributed by atoms with Crippen molar-refractivity contribution in [2.75, 3.05) is 5.32 Å². The Bertz CT molecular complexity index is 821. The number of anilines is 1. The Balaban J connectivity index is 1.65. The summed E-state index contributed by atoms with van der Waals surface area (Å²) in [5.74, 6) is -0.972. The summed E-state index contributed by atoms with van der Waals surface area (Å²) >= 11 is 5.83. The van der Waals surface area contributed by atoms with Crippen LogP contribution in [-0.2, 0) is 4.79 Å². The number of amides is 1. The van der Waals surface area contributed by atoms with Gasteiger partial charge in [-0.2, -0.15) is 13.2 Å². The lowest BCUT2D eigenvalue weighted by Gasteiger charge is -2.18. The second kappa shape index (κ2) is 8.03. The molecule has 0 aromatic heterocycles. The zero-order chi connectivity index (χ0) is 20.4. The van der Waals surface area contributed by atoms with E-state index in [1.54, 1.807) is 48.5 Å². The predicted octanol–water partition coefficient (Wildman–Crippen LogP) is 6.83. The maximum Gasteiger partial charge on any atom is 0.392 e. The van der Waals surface area contributed by atoms with E-state index < -0.39 is 23.4 Å². The van der Waals surface area contributed by atoms with E-state index in [1.807, 2.05) is 6.92 Å². The first-order valence-corrected chi connectivity index (χ1v) is 9.54. The molecular weight excluding hydrogens is 391 g/mol. The van der Waals surface area contributed by atoms with E-state index in [4.69, 9.17) is 16.3 Å². The number of hydrogen-bond donors (Lipinski definition) is 1. The van der Waals surface area contributed by atoms with E-state index in [0.717, 1.165) is 6.42 Å². The molecule has 0 aliphatic heterocycles. The monoisotopic (exact) mass is 411 g/mol. The van der Waals surface area contributed by atoms with Crippen LogP contribution in [0.15, 0.2) is 48.5 Å².